The zero-order valence-electron chi connectivity index (χ0n) is 17.3. The Morgan fingerprint density at radius 2 is 1.31 bits per heavy atom. The zero-order valence-corrected chi connectivity index (χ0v) is 17.3. The third-order valence-corrected chi connectivity index (χ3v) is 4.25. The minimum Gasteiger partial charge on any atom is -0.466 e. The number of allylic oxidation sites excluding steroid dienone is 8. The number of hydrogen-bond donors (Lipinski definition) is 0. The summed E-state index contributed by atoms with van der Waals surface area (Å²) in [6, 6.07) is 0. The number of carbonyl (C=O) groups excluding carboxylic acids is 1. The van der Waals surface area contributed by atoms with Crippen LogP contribution >= 0.6 is 0 Å². The Bertz CT molecular complexity index is 429. The van der Waals surface area contributed by atoms with Crippen LogP contribution in [0.15, 0.2) is 48.6 Å². The fourth-order valence-corrected chi connectivity index (χ4v) is 2.61. The van der Waals surface area contributed by atoms with Gasteiger partial charge in [-0.3, -0.25) is 4.79 Å². The van der Waals surface area contributed by atoms with Gasteiger partial charge in [-0.25, -0.2) is 0 Å². The van der Waals surface area contributed by atoms with Gasteiger partial charge in [-0.15, -0.1) is 0 Å². The maximum atomic E-state index is 11.7. The lowest BCUT2D eigenvalue weighted by Gasteiger charge is -2.11. The van der Waals surface area contributed by atoms with Crippen molar-refractivity contribution in [3.05, 3.63) is 48.6 Å². The standard InChI is InChI=1S/C24H40O2/c1-4-7-8-9-10-11-12-13-14-15-16-17-18-19-20-21-22-23(5-2)24(25)26-6-3/h10-11,13-14,16-17,19-20,23H,4-9,12,15,18,21-22H2,1-3H3. The zero-order chi connectivity index (χ0) is 19.3. The third kappa shape index (κ3) is 15.9. The molecule has 2 heteroatoms. The molecule has 0 N–H and O–H groups in total. The highest BCUT2D eigenvalue weighted by Gasteiger charge is 2.15. The lowest BCUT2D eigenvalue weighted by Crippen LogP contribution is -2.16. The monoisotopic (exact) mass is 360 g/mol. The van der Waals surface area contributed by atoms with Crippen molar-refractivity contribution in [2.24, 2.45) is 5.92 Å². The number of esters is 1. The lowest BCUT2D eigenvalue weighted by atomic mass is 10.0. The maximum Gasteiger partial charge on any atom is 0.308 e. The molecule has 26 heavy (non-hydrogen) atoms. The van der Waals surface area contributed by atoms with Gasteiger partial charge in [-0.2, -0.15) is 0 Å². The van der Waals surface area contributed by atoms with Gasteiger partial charge in [0.15, 0.2) is 0 Å². The van der Waals surface area contributed by atoms with Crippen LogP contribution in [-0.4, -0.2) is 12.6 Å². The Labute approximate surface area is 162 Å². The van der Waals surface area contributed by atoms with Crippen molar-refractivity contribution in [1.82, 2.24) is 0 Å². The molecular formula is C24H40O2. The molecule has 0 heterocycles. The van der Waals surface area contributed by atoms with Crippen LogP contribution in [0.25, 0.3) is 0 Å². The number of unbranched alkanes of at least 4 members (excludes halogenated alkanes) is 3. The number of rotatable bonds is 16. The molecule has 0 saturated heterocycles. The fraction of sp³-hybridized carbons (Fsp3) is 0.625. The molecule has 0 aliphatic carbocycles. The molecule has 0 rings (SSSR count). The van der Waals surface area contributed by atoms with E-state index in [-0.39, 0.29) is 11.9 Å². The van der Waals surface area contributed by atoms with Gasteiger partial charge >= 0.3 is 5.97 Å². The molecule has 0 aromatic rings. The van der Waals surface area contributed by atoms with E-state index in [0.29, 0.717) is 6.61 Å². The van der Waals surface area contributed by atoms with Gasteiger partial charge in [0.1, 0.15) is 0 Å². The maximum absolute atomic E-state index is 11.7. The Kier molecular flexibility index (Phi) is 18.6. The highest BCUT2D eigenvalue weighted by molar-refractivity contribution is 5.72. The number of ether oxygens (including phenoxy) is 1. The largest absolute Gasteiger partial charge is 0.466 e. The normalized spacial score (nSPS) is 13.5. The molecule has 0 aliphatic heterocycles. The summed E-state index contributed by atoms with van der Waals surface area (Å²) >= 11 is 0. The molecule has 0 spiro atoms. The predicted molar refractivity (Wildman–Crippen MR) is 114 cm³/mol. The quantitative estimate of drug-likeness (QED) is 0.164. The van der Waals surface area contributed by atoms with E-state index in [4.69, 9.17) is 4.74 Å². The van der Waals surface area contributed by atoms with Crippen LogP contribution in [0, 0.1) is 5.92 Å². The Morgan fingerprint density at radius 1 is 0.769 bits per heavy atom. The summed E-state index contributed by atoms with van der Waals surface area (Å²) in [5, 5.41) is 0. The SMILES string of the molecule is CCCCCC=CCC=CCC=CCC=CCCC(CC)C(=O)OCC. The van der Waals surface area contributed by atoms with Crippen molar-refractivity contribution < 1.29 is 9.53 Å². The molecule has 0 aromatic heterocycles. The van der Waals surface area contributed by atoms with Crippen molar-refractivity contribution in [3.8, 4) is 0 Å². The Hall–Kier alpha value is -1.57. The first kappa shape index (κ1) is 24.4. The van der Waals surface area contributed by atoms with Crippen LogP contribution in [0.1, 0.15) is 85.0 Å². The van der Waals surface area contributed by atoms with E-state index in [9.17, 15) is 4.79 Å². The predicted octanol–water partition coefficient (Wildman–Crippen LogP) is 7.33. The van der Waals surface area contributed by atoms with E-state index in [2.05, 4.69) is 55.5 Å². The lowest BCUT2D eigenvalue weighted by molar-refractivity contribution is -0.148. The van der Waals surface area contributed by atoms with Crippen LogP contribution in [0.4, 0.5) is 0 Å². The summed E-state index contributed by atoms with van der Waals surface area (Å²) in [6.45, 7) is 6.62. The van der Waals surface area contributed by atoms with Crippen molar-refractivity contribution in [1.29, 1.82) is 0 Å². The van der Waals surface area contributed by atoms with Gasteiger partial charge < -0.3 is 4.74 Å². The summed E-state index contributed by atoms with van der Waals surface area (Å²) in [5.74, 6) is -0.00754. The summed E-state index contributed by atoms with van der Waals surface area (Å²) in [7, 11) is 0. The first-order chi connectivity index (χ1) is 12.8. The minimum absolute atomic E-state index is 0.0426. The van der Waals surface area contributed by atoms with Crippen molar-refractivity contribution in [3.63, 3.8) is 0 Å². The van der Waals surface area contributed by atoms with Crippen molar-refractivity contribution in [2.75, 3.05) is 6.61 Å². The van der Waals surface area contributed by atoms with Gasteiger partial charge in [-0.1, -0.05) is 75.3 Å². The molecule has 1 atom stereocenters. The summed E-state index contributed by atoms with van der Waals surface area (Å²) in [5.41, 5.74) is 0. The van der Waals surface area contributed by atoms with Gasteiger partial charge in [0, 0.05) is 0 Å². The first-order valence-corrected chi connectivity index (χ1v) is 10.5. The molecule has 1 unspecified atom stereocenters. The average molecular weight is 361 g/mol. The van der Waals surface area contributed by atoms with E-state index in [0.717, 1.165) is 38.5 Å². The molecule has 2 nitrogen and oxygen atoms in total. The van der Waals surface area contributed by atoms with Crippen LogP contribution in [0.5, 0.6) is 0 Å². The van der Waals surface area contributed by atoms with Gasteiger partial charge in [0.2, 0.25) is 0 Å². The van der Waals surface area contributed by atoms with E-state index in [1.54, 1.807) is 0 Å². The van der Waals surface area contributed by atoms with Gasteiger partial charge in [0.25, 0.3) is 0 Å². The topological polar surface area (TPSA) is 26.3 Å². The number of carbonyl (C=O) groups is 1. The second kappa shape index (κ2) is 19.8. The van der Waals surface area contributed by atoms with Gasteiger partial charge in [0.05, 0.1) is 12.5 Å². The number of hydrogen-bond acceptors (Lipinski definition) is 2. The van der Waals surface area contributed by atoms with Crippen LogP contribution in [0.3, 0.4) is 0 Å². The highest BCUT2D eigenvalue weighted by Crippen LogP contribution is 2.13. The minimum atomic E-state index is -0.0501. The van der Waals surface area contributed by atoms with E-state index < -0.39 is 0 Å². The summed E-state index contributed by atoms with van der Waals surface area (Å²) in [4.78, 5) is 11.7. The van der Waals surface area contributed by atoms with Crippen LogP contribution in [-0.2, 0) is 9.53 Å². The second-order valence-corrected chi connectivity index (χ2v) is 6.52. The van der Waals surface area contributed by atoms with Crippen molar-refractivity contribution in [2.45, 2.75) is 85.0 Å². The molecule has 0 fully saturated rings. The Morgan fingerprint density at radius 3 is 1.81 bits per heavy atom. The first-order valence-electron chi connectivity index (χ1n) is 10.5. The van der Waals surface area contributed by atoms with Crippen LogP contribution < -0.4 is 0 Å². The van der Waals surface area contributed by atoms with E-state index >= 15 is 0 Å². The molecular weight excluding hydrogens is 320 g/mol. The summed E-state index contributed by atoms with van der Waals surface area (Å²) < 4.78 is 5.09. The molecule has 0 radical (unpaired) electrons. The summed E-state index contributed by atoms with van der Waals surface area (Å²) in [6.07, 6.45) is 28.6. The fourth-order valence-electron chi connectivity index (χ4n) is 2.61. The smallest absolute Gasteiger partial charge is 0.308 e. The second-order valence-electron chi connectivity index (χ2n) is 6.52. The molecule has 0 aliphatic rings. The highest BCUT2D eigenvalue weighted by atomic mass is 16.5. The van der Waals surface area contributed by atoms with E-state index in [1.807, 2.05) is 13.8 Å². The van der Waals surface area contributed by atoms with E-state index in [1.165, 1.54) is 25.7 Å². The third-order valence-electron chi connectivity index (χ3n) is 4.25. The molecule has 0 saturated carbocycles. The van der Waals surface area contributed by atoms with Crippen LogP contribution in [0.2, 0.25) is 0 Å². The molecule has 0 aromatic carbocycles. The van der Waals surface area contributed by atoms with Gasteiger partial charge in [-0.05, 0) is 58.3 Å². The molecule has 148 valence electrons. The molecule has 0 bridgehead atoms. The molecule has 0 amide bonds. The average Bonchev–Trinajstić information content (AvgIpc) is 2.64. The Balaban J connectivity index is 3.66. The van der Waals surface area contributed by atoms with Crippen molar-refractivity contribution >= 4 is 5.97 Å².